The minimum Gasteiger partial charge on any atom is -0.430 e. The summed E-state index contributed by atoms with van der Waals surface area (Å²) in [4.78, 5) is 137. The lowest BCUT2D eigenvalue weighted by atomic mass is 9.47. The van der Waals surface area contributed by atoms with Crippen LogP contribution in [-0.4, -0.2) is 278 Å². The first-order chi connectivity index (χ1) is 60.0. The van der Waals surface area contributed by atoms with Crippen molar-refractivity contribution in [2.75, 3.05) is 98.7 Å². The van der Waals surface area contributed by atoms with E-state index >= 15 is 0 Å². The molecule has 11 saturated carbocycles. The highest BCUT2D eigenvalue weighted by Gasteiger charge is 2.64. The molecule has 12 aliphatic rings. The number of allylic oxidation sites excluding steroid dienone is 1. The fourth-order valence-electron chi connectivity index (χ4n) is 23.0. The summed E-state index contributed by atoms with van der Waals surface area (Å²) < 4.78 is 110. The van der Waals surface area contributed by atoms with Gasteiger partial charge in [0.25, 0.3) is 0 Å². The van der Waals surface area contributed by atoms with Gasteiger partial charge in [-0.05, 0) is 280 Å². The molecule has 12 rings (SSSR count). The first kappa shape index (κ1) is 119. The Labute approximate surface area is 777 Å². The number of phosphoric acid groups is 6. The van der Waals surface area contributed by atoms with Crippen molar-refractivity contribution in [3.8, 4) is 0 Å². The quantitative estimate of drug-likeness (QED) is 0.0218. The van der Waals surface area contributed by atoms with E-state index in [0.29, 0.717) is 41.9 Å². The molecule has 12 aliphatic carbocycles. The summed E-state index contributed by atoms with van der Waals surface area (Å²) >= 11 is 0. The van der Waals surface area contributed by atoms with Gasteiger partial charge in [0.15, 0.2) is 0 Å². The summed E-state index contributed by atoms with van der Waals surface area (Å²) in [6, 6.07) is 6.21. The van der Waals surface area contributed by atoms with Gasteiger partial charge in [-0.15, -0.1) is 0 Å². The molecular weight excluding hydrogens is 1780 g/mol. The van der Waals surface area contributed by atoms with Crippen molar-refractivity contribution >= 4 is 53.1 Å². The molecule has 33 nitrogen and oxygen atoms in total. The fraction of sp³-hybridized carbons (Fsp3) is 0.967. The molecule has 11 N–H and O–H groups in total. The maximum Gasteiger partial charge on any atom is 0.532 e. The minimum atomic E-state index is -6.26. The van der Waals surface area contributed by atoms with Crippen molar-refractivity contribution in [2.45, 2.75) is 415 Å². The predicted octanol–water partition coefficient (Wildman–Crippen LogP) is 18.6. The molecular formula is C90H181N7O26P6. The van der Waals surface area contributed by atoms with Gasteiger partial charge in [0.1, 0.15) is 42.7 Å². The zero-order chi connectivity index (χ0) is 96.6. The van der Waals surface area contributed by atoms with Crippen LogP contribution in [0.5, 0.6) is 0 Å². The number of carbonyl (C=O) groups is 1. The summed E-state index contributed by atoms with van der Waals surface area (Å²) in [6.07, 6.45) is 40.3. The molecule has 0 aliphatic heterocycles. The van der Waals surface area contributed by atoms with Gasteiger partial charge >= 0.3 is 53.1 Å². The monoisotopic (exact) mass is 1960 g/mol. The van der Waals surface area contributed by atoms with E-state index in [2.05, 4.69) is 201 Å². The van der Waals surface area contributed by atoms with Gasteiger partial charge in [-0.1, -0.05) is 200 Å². The molecule has 0 bridgehead atoms. The van der Waals surface area contributed by atoms with Gasteiger partial charge < -0.3 is 92.5 Å². The number of fused-ring (bicyclic) bond motifs is 5. The zero-order valence-corrected chi connectivity index (χ0v) is 87.9. The fourth-order valence-corrected chi connectivity index (χ4v) is 26.6. The number of hydrogen-bond donors (Lipinski definition) is 11. The molecule has 0 aromatic heterocycles. The van der Waals surface area contributed by atoms with Crippen molar-refractivity contribution in [1.29, 1.82) is 0 Å². The van der Waals surface area contributed by atoms with Crippen molar-refractivity contribution in [3.63, 3.8) is 0 Å². The average molecular weight is 1960 g/mol. The highest BCUT2D eigenvalue weighted by atomic mass is 31.2. The van der Waals surface area contributed by atoms with Crippen molar-refractivity contribution in [2.24, 2.45) is 46.3 Å². The van der Waals surface area contributed by atoms with Gasteiger partial charge in [0.05, 0.1) is 0 Å². The van der Waals surface area contributed by atoms with Crippen LogP contribution in [0.2, 0.25) is 0 Å². The van der Waals surface area contributed by atoms with Crippen molar-refractivity contribution < 1.29 is 122 Å². The lowest BCUT2D eigenvalue weighted by Gasteiger charge is -2.58. The number of carbonyl (C=O) groups excluding carboxylic acids is 1. The molecule has 11 fully saturated rings. The molecule has 0 radical (unpaired) electrons. The first-order valence-electron chi connectivity index (χ1n) is 49.0. The van der Waals surface area contributed by atoms with E-state index in [4.69, 9.17) is 9.26 Å². The SMILES string of the molecule is CC(C)CCC[C@H](C)C1CCC2C3CC=C4C[C@@H](OC(=O)OP(=O)(O)OC5C(OP(=O)(O)O)C(OP(=O)(O)O)C(OP(=O)(O)O)C(OP(=O)(O)O)C5OP(=O)(O)O)CCC4(C)C3CCC21C.CN(C)C1CCCCC1.CN(C)C1CCCCC1.CN(C)C1CCCCC1.CN(C)C1CCCCC1.CN(C)C1CCCCC1.CN(C)C1CCCCC1.CN(C)C1CCCCC1. The Morgan fingerprint density at radius 2 is 0.628 bits per heavy atom. The lowest BCUT2D eigenvalue weighted by Crippen LogP contribution is -2.66. The Kier molecular flexibility index (Phi) is 52.3. The Balaban J connectivity index is 0.000000363. The van der Waals surface area contributed by atoms with E-state index in [1.165, 1.54) is 250 Å². The molecule has 13 atom stereocenters. The number of ether oxygens (including phenoxy) is 1. The largest absolute Gasteiger partial charge is 0.532 e. The molecule has 129 heavy (non-hydrogen) atoms. The molecule has 0 spiro atoms. The predicted molar refractivity (Wildman–Crippen MR) is 508 cm³/mol. The Bertz CT molecular complexity index is 3190. The number of phosphoric ester groups is 6. The smallest absolute Gasteiger partial charge is 0.430 e. The summed E-state index contributed by atoms with van der Waals surface area (Å²) in [5, 5.41) is 0. The molecule has 0 heterocycles. The second-order valence-electron chi connectivity index (χ2n) is 41.7. The van der Waals surface area contributed by atoms with E-state index in [-0.39, 0.29) is 23.7 Å². The average Bonchev–Trinajstić information content (AvgIpc) is 1.64. The van der Waals surface area contributed by atoms with E-state index in [0.717, 1.165) is 73.5 Å². The standard InChI is InChI=1S/C34H62O26P6.7C8H17N/c1-18(2)7-6-8-19(3)23-11-12-24-22-10-9-20-17-21(13-15-33(20,4)25(22)14-16-34(23,24)5)53-32(35)60-66(51,52)59-31-29(57-64(45,46)47)27(55-62(39,40)41)26(54-61(36,37)38)28(56-63(42,43)44)30(31)58-65(48,49)50;7*1-9(2)8-6-4-3-5-7-8/h9,18-19,21-31H,6-8,10-17H2,1-5H3,(H,51,52)(H2,36,37,38)(H2,39,40,41)(H2,42,43,44)(H2,45,46,47)(H2,48,49,50);7*8H,3-7H2,1-2H3/t19-,21-,22?,23?,24?,25?,26?,27?,28?,29?,30?,31?,33?,34?;;;;;;;/m0......./s1. The van der Waals surface area contributed by atoms with Gasteiger partial charge in [-0.3, -0.25) is 32.0 Å². The van der Waals surface area contributed by atoms with E-state index in [1.807, 2.05) is 0 Å². The third-order valence-electron chi connectivity index (χ3n) is 30.3. The van der Waals surface area contributed by atoms with Crippen LogP contribution in [0.4, 0.5) is 4.79 Å². The van der Waals surface area contributed by atoms with Crippen LogP contribution in [0.3, 0.4) is 0 Å². The highest BCUT2D eigenvalue weighted by molar-refractivity contribution is 7.48. The molecule has 762 valence electrons. The summed E-state index contributed by atoms with van der Waals surface area (Å²) in [5.74, 6) is 3.30. The third-order valence-corrected chi connectivity index (χ3v) is 33.8. The van der Waals surface area contributed by atoms with Crippen LogP contribution in [0.15, 0.2) is 11.6 Å². The molecule has 39 heteroatoms. The molecule has 0 aromatic rings. The topological polar surface area (TPSA) is 439 Å². The third kappa shape index (κ3) is 43.6. The zero-order valence-electron chi connectivity index (χ0n) is 82.5. The van der Waals surface area contributed by atoms with Crippen LogP contribution in [0, 0.1) is 46.3 Å². The minimum absolute atomic E-state index is 0.200. The van der Waals surface area contributed by atoms with Gasteiger partial charge in [0, 0.05) is 48.7 Å². The van der Waals surface area contributed by atoms with E-state index < -0.39 is 95.8 Å². The summed E-state index contributed by atoms with van der Waals surface area (Å²) in [6.45, 7) is 11.6. The first-order valence-corrected chi connectivity index (χ1v) is 58.1. The highest BCUT2D eigenvalue weighted by Crippen LogP contribution is 2.68. The Morgan fingerprint density at radius 1 is 0.357 bits per heavy atom. The maximum absolute atomic E-state index is 13.5. The van der Waals surface area contributed by atoms with Crippen LogP contribution in [0.1, 0.15) is 330 Å². The summed E-state index contributed by atoms with van der Waals surface area (Å²) in [5.41, 5.74) is 1.00. The molecule has 0 saturated heterocycles. The molecule has 0 amide bonds. The Morgan fingerprint density at radius 3 is 0.876 bits per heavy atom. The summed E-state index contributed by atoms with van der Waals surface area (Å²) in [7, 11) is -6.37. The molecule has 11 unspecified atom stereocenters. The van der Waals surface area contributed by atoms with Crippen molar-refractivity contribution in [1.82, 2.24) is 34.3 Å². The maximum atomic E-state index is 13.5. The van der Waals surface area contributed by atoms with E-state index in [9.17, 15) is 86.0 Å². The van der Waals surface area contributed by atoms with Gasteiger partial charge in [0.2, 0.25) is 0 Å². The number of nitrogens with zero attached hydrogens (tertiary/aromatic N) is 7. The van der Waals surface area contributed by atoms with Crippen LogP contribution in [0.25, 0.3) is 0 Å². The normalized spacial score (nSPS) is 30.1. The van der Waals surface area contributed by atoms with Crippen LogP contribution in [-0.2, 0) is 63.8 Å². The Hall–Kier alpha value is -0.570. The molecule has 0 aromatic carbocycles. The second-order valence-corrected chi connectivity index (χ2v) is 49.0. The second kappa shape index (κ2) is 56.8. The van der Waals surface area contributed by atoms with E-state index in [1.54, 1.807) is 0 Å². The van der Waals surface area contributed by atoms with Gasteiger partial charge in [-0.2, -0.15) is 0 Å². The lowest BCUT2D eigenvalue weighted by molar-refractivity contribution is -0.202. The van der Waals surface area contributed by atoms with Crippen LogP contribution < -0.4 is 0 Å². The number of hydrogen-bond acceptors (Lipinski definition) is 22. The van der Waals surface area contributed by atoms with Crippen LogP contribution >= 0.6 is 46.9 Å². The number of rotatable bonds is 26. The van der Waals surface area contributed by atoms with Gasteiger partial charge in [-0.25, -0.2) is 32.2 Å². The van der Waals surface area contributed by atoms with Crippen molar-refractivity contribution in [3.05, 3.63) is 11.6 Å².